The summed E-state index contributed by atoms with van der Waals surface area (Å²) >= 11 is 1.67. The number of rotatable bonds is 5. The molecular formula is C11H15N5OS. The van der Waals surface area contributed by atoms with Crippen molar-refractivity contribution in [2.24, 2.45) is 5.73 Å². The van der Waals surface area contributed by atoms with Crippen molar-refractivity contribution in [3.63, 3.8) is 0 Å². The SMILES string of the molecule is CSCC[C@H](N)C(=O)Nc1ccc2n[nH]nc2c1. The van der Waals surface area contributed by atoms with Crippen LogP contribution in [0.3, 0.4) is 0 Å². The van der Waals surface area contributed by atoms with Crippen molar-refractivity contribution in [3.05, 3.63) is 18.2 Å². The molecule has 1 atom stereocenters. The van der Waals surface area contributed by atoms with E-state index in [1.54, 1.807) is 30.0 Å². The predicted molar refractivity (Wildman–Crippen MR) is 73.5 cm³/mol. The number of carbonyl (C=O) groups is 1. The van der Waals surface area contributed by atoms with Crippen LogP contribution in [0.1, 0.15) is 6.42 Å². The summed E-state index contributed by atoms with van der Waals surface area (Å²) in [6, 6.07) is 4.86. The van der Waals surface area contributed by atoms with Crippen molar-refractivity contribution >= 4 is 34.4 Å². The molecule has 18 heavy (non-hydrogen) atoms. The Balaban J connectivity index is 2.01. The monoisotopic (exact) mass is 265 g/mol. The number of aromatic amines is 1. The molecule has 0 bridgehead atoms. The van der Waals surface area contributed by atoms with Crippen LogP contribution in [0.25, 0.3) is 11.0 Å². The average molecular weight is 265 g/mol. The van der Waals surface area contributed by atoms with Crippen LogP contribution in [0.15, 0.2) is 18.2 Å². The average Bonchev–Trinajstić information content (AvgIpc) is 2.83. The Labute approximate surface area is 109 Å². The zero-order valence-corrected chi connectivity index (χ0v) is 10.8. The molecule has 0 spiro atoms. The van der Waals surface area contributed by atoms with Crippen LogP contribution in [0, 0.1) is 0 Å². The van der Waals surface area contributed by atoms with Crippen molar-refractivity contribution in [3.8, 4) is 0 Å². The van der Waals surface area contributed by atoms with E-state index in [0.29, 0.717) is 17.6 Å². The first-order valence-corrected chi connectivity index (χ1v) is 6.96. The van der Waals surface area contributed by atoms with Crippen LogP contribution in [0.4, 0.5) is 5.69 Å². The van der Waals surface area contributed by atoms with Crippen LogP contribution in [0.5, 0.6) is 0 Å². The lowest BCUT2D eigenvalue weighted by Gasteiger charge is -2.11. The molecule has 6 nitrogen and oxygen atoms in total. The van der Waals surface area contributed by atoms with Gasteiger partial charge in [-0.2, -0.15) is 27.2 Å². The van der Waals surface area contributed by atoms with Crippen molar-refractivity contribution in [2.75, 3.05) is 17.3 Å². The Bertz CT molecular complexity index is 541. The molecule has 0 unspecified atom stereocenters. The molecule has 7 heteroatoms. The number of anilines is 1. The third-order valence-electron chi connectivity index (χ3n) is 2.55. The van der Waals surface area contributed by atoms with Gasteiger partial charge in [-0.05, 0) is 36.6 Å². The zero-order chi connectivity index (χ0) is 13.0. The summed E-state index contributed by atoms with van der Waals surface area (Å²) in [6.45, 7) is 0. The second kappa shape index (κ2) is 5.83. The molecule has 0 radical (unpaired) electrons. The highest BCUT2D eigenvalue weighted by Gasteiger charge is 2.13. The normalized spacial score (nSPS) is 12.6. The van der Waals surface area contributed by atoms with Crippen LogP contribution >= 0.6 is 11.8 Å². The van der Waals surface area contributed by atoms with E-state index in [4.69, 9.17) is 5.73 Å². The minimum atomic E-state index is -0.481. The number of amides is 1. The number of hydrogen-bond donors (Lipinski definition) is 3. The quantitative estimate of drug-likeness (QED) is 0.748. The second-order valence-electron chi connectivity index (χ2n) is 3.90. The van der Waals surface area contributed by atoms with E-state index in [1.165, 1.54) is 0 Å². The van der Waals surface area contributed by atoms with Gasteiger partial charge in [-0.15, -0.1) is 0 Å². The van der Waals surface area contributed by atoms with Crippen molar-refractivity contribution in [2.45, 2.75) is 12.5 Å². The van der Waals surface area contributed by atoms with E-state index < -0.39 is 6.04 Å². The van der Waals surface area contributed by atoms with Gasteiger partial charge in [0.05, 0.1) is 6.04 Å². The second-order valence-corrected chi connectivity index (χ2v) is 4.89. The minimum absolute atomic E-state index is 0.174. The largest absolute Gasteiger partial charge is 0.325 e. The Hall–Kier alpha value is -1.60. The third kappa shape index (κ3) is 2.99. The van der Waals surface area contributed by atoms with Gasteiger partial charge >= 0.3 is 0 Å². The Morgan fingerprint density at radius 2 is 2.28 bits per heavy atom. The van der Waals surface area contributed by atoms with E-state index in [9.17, 15) is 4.79 Å². The number of nitrogens with two attached hydrogens (primary N) is 1. The number of nitrogens with zero attached hydrogens (tertiary/aromatic N) is 2. The van der Waals surface area contributed by atoms with Crippen molar-refractivity contribution in [1.29, 1.82) is 0 Å². The number of thioether (sulfide) groups is 1. The van der Waals surface area contributed by atoms with Gasteiger partial charge in [0.1, 0.15) is 11.0 Å². The molecule has 2 aromatic rings. The van der Waals surface area contributed by atoms with Gasteiger partial charge in [-0.3, -0.25) is 4.79 Å². The van der Waals surface area contributed by atoms with Gasteiger partial charge in [0, 0.05) is 5.69 Å². The Kier molecular flexibility index (Phi) is 4.16. The fraction of sp³-hybridized carbons (Fsp3) is 0.364. The van der Waals surface area contributed by atoms with Gasteiger partial charge in [-0.1, -0.05) is 0 Å². The van der Waals surface area contributed by atoms with E-state index in [2.05, 4.69) is 20.7 Å². The highest BCUT2D eigenvalue weighted by molar-refractivity contribution is 7.98. The van der Waals surface area contributed by atoms with E-state index >= 15 is 0 Å². The summed E-state index contributed by atoms with van der Waals surface area (Å²) in [5, 5.41) is 13.2. The van der Waals surface area contributed by atoms with Crippen LogP contribution in [0.2, 0.25) is 0 Å². The van der Waals surface area contributed by atoms with Gasteiger partial charge in [-0.25, -0.2) is 0 Å². The number of fused-ring (bicyclic) bond motifs is 1. The molecule has 0 aliphatic carbocycles. The van der Waals surface area contributed by atoms with Gasteiger partial charge < -0.3 is 11.1 Å². The van der Waals surface area contributed by atoms with Crippen LogP contribution in [-0.2, 0) is 4.79 Å². The smallest absolute Gasteiger partial charge is 0.241 e. The Morgan fingerprint density at radius 1 is 1.50 bits per heavy atom. The standard InChI is InChI=1S/C11H15N5OS/c1-18-5-4-8(12)11(17)13-7-2-3-9-10(6-7)15-16-14-9/h2-3,6,8H,4-5,12H2,1H3,(H,13,17)(H,14,15,16)/t8-/m0/s1. The third-order valence-corrected chi connectivity index (χ3v) is 3.20. The lowest BCUT2D eigenvalue weighted by Crippen LogP contribution is -2.36. The molecule has 2 rings (SSSR count). The maximum absolute atomic E-state index is 11.8. The lowest BCUT2D eigenvalue weighted by atomic mass is 10.2. The van der Waals surface area contributed by atoms with Gasteiger partial charge in [0.15, 0.2) is 0 Å². The number of H-pyrrole nitrogens is 1. The Morgan fingerprint density at radius 3 is 3.06 bits per heavy atom. The summed E-state index contributed by atoms with van der Waals surface area (Å²) in [7, 11) is 0. The maximum atomic E-state index is 11.8. The summed E-state index contributed by atoms with van der Waals surface area (Å²) in [5.74, 6) is 0.698. The maximum Gasteiger partial charge on any atom is 0.241 e. The van der Waals surface area contributed by atoms with Gasteiger partial charge in [0.25, 0.3) is 0 Å². The number of aromatic nitrogens is 3. The number of hydrogen-bond acceptors (Lipinski definition) is 5. The fourth-order valence-electron chi connectivity index (χ4n) is 1.53. The van der Waals surface area contributed by atoms with Crippen molar-refractivity contribution in [1.82, 2.24) is 15.4 Å². The lowest BCUT2D eigenvalue weighted by molar-refractivity contribution is -0.117. The zero-order valence-electron chi connectivity index (χ0n) is 10.0. The number of carbonyl (C=O) groups excluding carboxylic acids is 1. The fourth-order valence-corrected chi connectivity index (χ4v) is 2.02. The minimum Gasteiger partial charge on any atom is -0.325 e. The molecule has 1 aromatic heterocycles. The predicted octanol–water partition coefficient (Wildman–Crippen LogP) is 0.977. The first kappa shape index (κ1) is 12.8. The molecule has 0 fully saturated rings. The summed E-state index contributed by atoms with van der Waals surface area (Å²) < 4.78 is 0. The molecule has 1 aromatic carbocycles. The molecule has 96 valence electrons. The number of benzene rings is 1. The van der Waals surface area contributed by atoms with Crippen LogP contribution in [-0.4, -0.2) is 39.4 Å². The molecule has 0 saturated heterocycles. The summed E-state index contributed by atoms with van der Waals surface area (Å²) in [4.78, 5) is 11.8. The highest BCUT2D eigenvalue weighted by atomic mass is 32.2. The first-order chi connectivity index (χ1) is 8.70. The molecule has 0 aliphatic rings. The van der Waals surface area contributed by atoms with E-state index in [1.807, 2.05) is 6.26 Å². The summed E-state index contributed by atoms with van der Waals surface area (Å²) in [5.41, 5.74) is 7.94. The molecule has 0 aliphatic heterocycles. The molecular weight excluding hydrogens is 250 g/mol. The van der Waals surface area contributed by atoms with E-state index in [0.717, 1.165) is 11.3 Å². The van der Waals surface area contributed by atoms with E-state index in [-0.39, 0.29) is 5.91 Å². The highest BCUT2D eigenvalue weighted by Crippen LogP contribution is 2.15. The molecule has 4 N–H and O–H groups in total. The number of nitrogens with one attached hydrogen (secondary N) is 2. The van der Waals surface area contributed by atoms with Crippen LogP contribution < -0.4 is 11.1 Å². The topological polar surface area (TPSA) is 96.7 Å². The van der Waals surface area contributed by atoms with Crippen molar-refractivity contribution < 1.29 is 4.79 Å². The molecule has 1 heterocycles. The first-order valence-electron chi connectivity index (χ1n) is 5.56. The van der Waals surface area contributed by atoms with Gasteiger partial charge in [0.2, 0.25) is 5.91 Å². The molecule has 0 saturated carbocycles. The summed E-state index contributed by atoms with van der Waals surface area (Å²) in [6.07, 6.45) is 2.66. The molecule has 1 amide bonds.